The minimum absolute atomic E-state index is 0.0324. The summed E-state index contributed by atoms with van der Waals surface area (Å²) in [5.41, 5.74) is 7.28. The lowest BCUT2D eigenvalue weighted by Gasteiger charge is -2.39. The van der Waals surface area contributed by atoms with Gasteiger partial charge in [-0.1, -0.05) is 26.2 Å². The van der Waals surface area contributed by atoms with Crippen molar-refractivity contribution in [1.29, 1.82) is 0 Å². The lowest BCUT2D eigenvalue weighted by atomic mass is 9.85. The molecule has 1 aliphatic heterocycles. The van der Waals surface area contributed by atoms with Crippen molar-refractivity contribution in [2.75, 3.05) is 7.11 Å². The van der Waals surface area contributed by atoms with Gasteiger partial charge in [-0.2, -0.15) is 0 Å². The van der Waals surface area contributed by atoms with Crippen molar-refractivity contribution in [2.45, 2.75) is 64.0 Å². The largest absolute Gasteiger partial charge is 0.497 e. The summed E-state index contributed by atoms with van der Waals surface area (Å²) < 4.78 is 11.5. The number of unbranched alkanes of at least 4 members (excludes halogenated alkanes) is 3. The Bertz CT molecular complexity index is 447. The van der Waals surface area contributed by atoms with Crippen LogP contribution in [0.1, 0.15) is 64.0 Å². The van der Waals surface area contributed by atoms with Crippen molar-refractivity contribution in [3.05, 3.63) is 23.8 Å². The maximum atomic E-state index is 6.34. The summed E-state index contributed by atoms with van der Waals surface area (Å²) in [6, 6.07) is 5.95. The summed E-state index contributed by atoms with van der Waals surface area (Å²) in [5, 5.41) is 0. The Labute approximate surface area is 122 Å². The fraction of sp³-hybridized carbons (Fsp3) is 0.647. The molecule has 0 radical (unpaired) electrons. The maximum Gasteiger partial charge on any atom is 0.125 e. The van der Waals surface area contributed by atoms with Crippen LogP contribution in [0.2, 0.25) is 0 Å². The van der Waals surface area contributed by atoms with Crippen LogP contribution < -0.4 is 15.2 Å². The van der Waals surface area contributed by atoms with Gasteiger partial charge in [0.25, 0.3) is 0 Å². The molecular formula is C17H27NO2. The third-order valence-corrected chi connectivity index (χ3v) is 4.18. The molecule has 2 N–H and O–H groups in total. The lowest BCUT2D eigenvalue weighted by molar-refractivity contribution is 0.0428. The number of rotatable bonds is 6. The van der Waals surface area contributed by atoms with Gasteiger partial charge in [-0.3, -0.25) is 0 Å². The molecular weight excluding hydrogens is 250 g/mol. The van der Waals surface area contributed by atoms with Crippen LogP contribution in [0.4, 0.5) is 0 Å². The maximum absolute atomic E-state index is 6.34. The molecule has 0 amide bonds. The molecule has 0 saturated heterocycles. The molecule has 112 valence electrons. The lowest BCUT2D eigenvalue weighted by Crippen LogP contribution is -2.40. The van der Waals surface area contributed by atoms with Crippen LogP contribution >= 0.6 is 0 Å². The van der Waals surface area contributed by atoms with Crippen molar-refractivity contribution in [2.24, 2.45) is 5.73 Å². The number of hydrogen-bond donors (Lipinski definition) is 1. The number of fused-ring (bicyclic) bond motifs is 1. The van der Waals surface area contributed by atoms with Crippen molar-refractivity contribution < 1.29 is 9.47 Å². The first-order chi connectivity index (χ1) is 9.58. The molecule has 0 aliphatic carbocycles. The molecule has 1 aliphatic rings. The Balaban J connectivity index is 2.06. The van der Waals surface area contributed by atoms with Crippen LogP contribution in [0, 0.1) is 0 Å². The van der Waals surface area contributed by atoms with Crippen LogP contribution in [0.3, 0.4) is 0 Å². The number of benzene rings is 1. The number of methoxy groups -OCH3 is 1. The first-order valence-corrected chi connectivity index (χ1v) is 7.70. The summed E-state index contributed by atoms with van der Waals surface area (Å²) >= 11 is 0. The Morgan fingerprint density at radius 3 is 2.85 bits per heavy atom. The van der Waals surface area contributed by atoms with Gasteiger partial charge < -0.3 is 15.2 Å². The van der Waals surface area contributed by atoms with Gasteiger partial charge in [0.05, 0.1) is 7.11 Å². The fourth-order valence-electron chi connectivity index (χ4n) is 3.00. The third-order valence-electron chi connectivity index (χ3n) is 4.18. The van der Waals surface area contributed by atoms with Crippen LogP contribution in [-0.4, -0.2) is 12.7 Å². The van der Waals surface area contributed by atoms with E-state index in [-0.39, 0.29) is 11.6 Å². The quantitative estimate of drug-likeness (QED) is 0.792. The predicted molar refractivity (Wildman–Crippen MR) is 82.3 cm³/mol. The van der Waals surface area contributed by atoms with E-state index in [0.29, 0.717) is 0 Å². The topological polar surface area (TPSA) is 44.5 Å². The van der Waals surface area contributed by atoms with Gasteiger partial charge in [0.15, 0.2) is 0 Å². The molecule has 3 heteroatoms. The van der Waals surface area contributed by atoms with Crippen molar-refractivity contribution >= 4 is 0 Å². The molecule has 0 spiro atoms. The molecule has 0 aromatic heterocycles. The average molecular weight is 277 g/mol. The molecule has 0 saturated carbocycles. The fourth-order valence-corrected chi connectivity index (χ4v) is 3.00. The highest BCUT2D eigenvalue weighted by Gasteiger charge is 2.35. The molecule has 20 heavy (non-hydrogen) atoms. The Kier molecular flexibility index (Phi) is 4.92. The molecule has 0 bridgehead atoms. The van der Waals surface area contributed by atoms with Gasteiger partial charge in [-0.15, -0.1) is 0 Å². The van der Waals surface area contributed by atoms with E-state index in [1.807, 2.05) is 18.2 Å². The van der Waals surface area contributed by atoms with E-state index >= 15 is 0 Å². The van der Waals surface area contributed by atoms with Gasteiger partial charge in [0.2, 0.25) is 0 Å². The van der Waals surface area contributed by atoms with Crippen LogP contribution in [0.15, 0.2) is 18.2 Å². The van der Waals surface area contributed by atoms with Gasteiger partial charge in [-0.05, 0) is 38.0 Å². The van der Waals surface area contributed by atoms with E-state index in [1.54, 1.807) is 7.11 Å². The summed E-state index contributed by atoms with van der Waals surface area (Å²) in [7, 11) is 1.68. The van der Waals surface area contributed by atoms with E-state index in [4.69, 9.17) is 15.2 Å². The van der Waals surface area contributed by atoms with Crippen LogP contribution in [0.25, 0.3) is 0 Å². The van der Waals surface area contributed by atoms with Crippen LogP contribution in [0.5, 0.6) is 11.5 Å². The van der Waals surface area contributed by atoms with Crippen molar-refractivity contribution in [1.82, 2.24) is 0 Å². The van der Waals surface area contributed by atoms with Gasteiger partial charge >= 0.3 is 0 Å². The first-order valence-electron chi connectivity index (χ1n) is 7.70. The van der Waals surface area contributed by atoms with E-state index < -0.39 is 0 Å². The second-order valence-electron chi connectivity index (χ2n) is 6.08. The van der Waals surface area contributed by atoms with Crippen molar-refractivity contribution in [3.8, 4) is 11.5 Å². The zero-order valence-corrected chi connectivity index (χ0v) is 12.9. The molecule has 2 rings (SSSR count). The average Bonchev–Trinajstić information content (AvgIpc) is 2.43. The van der Waals surface area contributed by atoms with Crippen molar-refractivity contribution in [3.63, 3.8) is 0 Å². The third kappa shape index (κ3) is 3.45. The molecule has 1 heterocycles. The summed E-state index contributed by atoms with van der Waals surface area (Å²) in [6.45, 7) is 4.42. The zero-order chi connectivity index (χ0) is 14.6. The molecule has 2 unspecified atom stereocenters. The molecule has 1 aromatic carbocycles. The molecule has 2 atom stereocenters. The monoisotopic (exact) mass is 277 g/mol. The van der Waals surface area contributed by atoms with E-state index in [2.05, 4.69) is 13.8 Å². The Morgan fingerprint density at radius 2 is 2.15 bits per heavy atom. The summed E-state index contributed by atoms with van der Waals surface area (Å²) in [6.07, 6.45) is 7.00. The smallest absolute Gasteiger partial charge is 0.125 e. The number of ether oxygens (including phenoxy) is 2. The summed E-state index contributed by atoms with van der Waals surface area (Å²) in [4.78, 5) is 0. The highest BCUT2D eigenvalue weighted by Crippen LogP contribution is 2.42. The molecule has 1 aromatic rings. The second kappa shape index (κ2) is 6.49. The molecule has 3 nitrogen and oxygen atoms in total. The molecule has 0 fully saturated rings. The first kappa shape index (κ1) is 15.2. The SMILES string of the molecule is CCCCCCC1(C)CC(N)c2cc(OC)ccc2O1. The van der Waals surface area contributed by atoms with Gasteiger partial charge in [0.1, 0.15) is 17.1 Å². The van der Waals surface area contributed by atoms with Crippen LogP contribution in [-0.2, 0) is 0 Å². The minimum atomic E-state index is -0.130. The zero-order valence-electron chi connectivity index (χ0n) is 12.9. The van der Waals surface area contributed by atoms with Gasteiger partial charge in [0, 0.05) is 18.0 Å². The standard InChI is InChI=1S/C17H27NO2/c1-4-5-6-7-10-17(2)12-15(18)14-11-13(19-3)8-9-16(14)20-17/h8-9,11,15H,4-7,10,12,18H2,1-3H3. The van der Waals surface area contributed by atoms with E-state index in [1.165, 1.54) is 25.7 Å². The minimum Gasteiger partial charge on any atom is -0.497 e. The van der Waals surface area contributed by atoms with E-state index in [9.17, 15) is 0 Å². The highest BCUT2D eigenvalue weighted by molar-refractivity contribution is 5.44. The number of hydrogen-bond acceptors (Lipinski definition) is 3. The van der Waals surface area contributed by atoms with Gasteiger partial charge in [-0.25, -0.2) is 0 Å². The Morgan fingerprint density at radius 1 is 1.35 bits per heavy atom. The summed E-state index contributed by atoms with van der Waals surface area (Å²) in [5.74, 6) is 1.76. The predicted octanol–water partition coefficient (Wildman–Crippen LogP) is 4.21. The van der Waals surface area contributed by atoms with E-state index in [0.717, 1.165) is 29.9 Å². The normalized spacial score (nSPS) is 24.9. The second-order valence-corrected chi connectivity index (χ2v) is 6.08. The Hall–Kier alpha value is -1.22. The number of nitrogens with two attached hydrogens (primary N) is 1. The highest BCUT2D eigenvalue weighted by atomic mass is 16.5.